The van der Waals surface area contributed by atoms with E-state index in [9.17, 15) is 14.9 Å². The second-order valence-electron chi connectivity index (χ2n) is 6.26. The molecule has 0 aliphatic rings. The maximum absolute atomic E-state index is 12.4. The first-order chi connectivity index (χ1) is 14.4. The van der Waals surface area contributed by atoms with E-state index in [2.05, 4.69) is 22.1 Å². The molecule has 3 aromatic rings. The van der Waals surface area contributed by atoms with Gasteiger partial charge in [-0.2, -0.15) is 0 Å². The van der Waals surface area contributed by atoms with Gasteiger partial charge in [0.25, 0.3) is 5.69 Å². The second kappa shape index (κ2) is 9.55. The number of hydrogen-bond donors (Lipinski definition) is 1. The largest absolute Gasteiger partial charge is 0.325 e. The zero-order valence-corrected chi connectivity index (χ0v) is 17.6. The van der Waals surface area contributed by atoms with Gasteiger partial charge in [0.1, 0.15) is 0 Å². The highest BCUT2D eigenvalue weighted by molar-refractivity contribution is 7.99. The fourth-order valence-electron chi connectivity index (χ4n) is 2.77. The van der Waals surface area contributed by atoms with Gasteiger partial charge in [0.2, 0.25) is 5.91 Å². The molecule has 154 valence electrons. The van der Waals surface area contributed by atoms with Gasteiger partial charge in [-0.3, -0.25) is 19.5 Å². The molecule has 0 bridgehead atoms. The molecule has 8 nitrogen and oxygen atoms in total. The van der Waals surface area contributed by atoms with E-state index >= 15 is 0 Å². The molecule has 0 aliphatic heterocycles. The quantitative estimate of drug-likeness (QED) is 0.233. The summed E-state index contributed by atoms with van der Waals surface area (Å²) in [7, 11) is 0. The zero-order chi connectivity index (χ0) is 21.7. The fraction of sp³-hybridized carbons (Fsp3) is 0.150. The number of anilines is 1. The summed E-state index contributed by atoms with van der Waals surface area (Å²) < 4.78 is 1.85. The number of amides is 1. The lowest BCUT2D eigenvalue weighted by molar-refractivity contribution is -0.385. The van der Waals surface area contributed by atoms with Crippen LogP contribution in [0.3, 0.4) is 0 Å². The van der Waals surface area contributed by atoms with Crippen LogP contribution in [0.15, 0.2) is 60.3 Å². The zero-order valence-electron chi connectivity index (χ0n) is 16.0. The Kier molecular flexibility index (Phi) is 6.86. The lowest BCUT2D eigenvalue weighted by Crippen LogP contribution is -2.15. The number of hydrogen-bond acceptors (Lipinski definition) is 6. The van der Waals surface area contributed by atoms with E-state index in [1.807, 2.05) is 16.7 Å². The van der Waals surface area contributed by atoms with Crippen LogP contribution >= 0.6 is 23.4 Å². The number of nitro benzene ring substituents is 1. The Morgan fingerprint density at radius 2 is 2.03 bits per heavy atom. The molecule has 0 saturated heterocycles. The molecule has 0 radical (unpaired) electrons. The van der Waals surface area contributed by atoms with Crippen LogP contribution in [-0.2, 0) is 11.3 Å². The van der Waals surface area contributed by atoms with Gasteiger partial charge in [-0.1, -0.05) is 35.5 Å². The third-order valence-electron chi connectivity index (χ3n) is 4.24. The van der Waals surface area contributed by atoms with E-state index in [-0.39, 0.29) is 17.3 Å². The van der Waals surface area contributed by atoms with Crippen molar-refractivity contribution < 1.29 is 9.72 Å². The predicted octanol–water partition coefficient (Wildman–Crippen LogP) is 4.73. The Balaban J connectivity index is 1.73. The normalized spacial score (nSPS) is 10.6. The lowest BCUT2D eigenvalue weighted by atomic mass is 10.1. The number of benzene rings is 2. The fourth-order valence-corrected chi connectivity index (χ4v) is 3.65. The predicted molar refractivity (Wildman–Crippen MR) is 118 cm³/mol. The number of aromatic nitrogens is 3. The van der Waals surface area contributed by atoms with Crippen molar-refractivity contribution in [2.45, 2.75) is 18.6 Å². The van der Waals surface area contributed by atoms with Crippen LogP contribution in [0.2, 0.25) is 5.02 Å². The third-order valence-corrected chi connectivity index (χ3v) is 5.46. The van der Waals surface area contributed by atoms with Gasteiger partial charge in [-0.25, -0.2) is 0 Å². The number of nitrogens with one attached hydrogen (secondary N) is 1. The van der Waals surface area contributed by atoms with Crippen molar-refractivity contribution in [3.8, 4) is 11.4 Å². The van der Waals surface area contributed by atoms with Gasteiger partial charge in [-0.15, -0.1) is 16.8 Å². The van der Waals surface area contributed by atoms with Crippen LogP contribution in [0, 0.1) is 17.0 Å². The molecule has 0 unspecified atom stereocenters. The van der Waals surface area contributed by atoms with Crippen molar-refractivity contribution in [1.82, 2.24) is 14.8 Å². The van der Waals surface area contributed by atoms with Crippen molar-refractivity contribution in [3.05, 3.63) is 75.8 Å². The van der Waals surface area contributed by atoms with E-state index < -0.39 is 4.92 Å². The van der Waals surface area contributed by atoms with Crippen molar-refractivity contribution in [3.63, 3.8) is 0 Å². The minimum Gasteiger partial charge on any atom is -0.325 e. The number of thioether (sulfide) groups is 1. The summed E-state index contributed by atoms with van der Waals surface area (Å²) in [6.45, 7) is 5.84. The van der Waals surface area contributed by atoms with Crippen LogP contribution in [0.1, 0.15) is 5.56 Å². The Labute approximate surface area is 182 Å². The van der Waals surface area contributed by atoms with E-state index in [0.717, 1.165) is 5.56 Å². The maximum atomic E-state index is 12.4. The number of carbonyl (C=O) groups is 1. The monoisotopic (exact) mass is 443 g/mol. The van der Waals surface area contributed by atoms with Gasteiger partial charge >= 0.3 is 0 Å². The summed E-state index contributed by atoms with van der Waals surface area (Å²) in [6, 6.07) is 11.8. The Hall–Kier alpha value is -3.17. The first-order valence-corrected chi connectivity index (χ1v) is 10.2. The highest BCUT2D eigenvalue weighted by Gasteiger charge is 2.17. The first kappa shape index (κ1) is 21.5. The van der Waals surface area contributed by atoms with Crippen molar-refractivity contribution in [2.24, 2.45) is 0 Å². The second-order valence-corrected chi connectivity index (χ2v) is 7.63. The Morgan fingerprint density at radius 3 is 2.70 bits per heavy atom. The first-order valence-electron chi connectivity index (χ1n) is 8.87. The third kappa shape index (κ3) is 4.87. The molecule has 10 heteroatoms. The summed E-state index contributed by atoms with van der Waals surface area (Å²) in [5, 5.41) is 23.4. The highest BCUT2D eigenvalue weighted by atomic mass is 35.5. The molecule has 0 spiro atoms. The Morgan fingerprint density at radius 1 is 1.30 bits per heavy atom. The summed E-state index contributed by atoms with van der Waals surface area (Å²) in [5.74, 6) is 0.409. The molecule has 2 aromatic carbocycles. The molecule has 0 atom stereocenters. The molecule has 1 amide bonds. The summed E-state index contributed by atoms with van der Waals surface area (Å²) >= 11 is 7.17. The molecule has 1 N–H and O–H groups in total. The molecule has 3 rings (SSSR count). The highest BCUT2D eigenvalue weighted by Crippen LogP contribution is 2.27. The van der Waals surface area contributed by atoms with Crippen LogP contribution in [-0.4, -0.2) is 31.3 Å². The molecule has 30 heavy (non-hydrogen) atoms. The average Bonchev–Trinajstić information content (AvgIpc) is 3.11. The summed E-state index contributed by atoms with van der Waals surface area (Å²) in [6.07, 6.45) is 1.72. The maximum Gasteiger partial charge on any atom is 0.274 e. The molecule has 1 heterocycles. The van der Waals surface area contributed by atoms with Crippen LogP contribution < -0.4 is 5.32 Å². The van der Waals surface area contributed by atoms with Crippen molar-refractivity contribution in [1.29, 1.82) is 0 Å². The van der Waals surface area contributed by atoms with Gasteiger partial charge < -0.3 is 5.32 Å². The van der Waals surface area contributed by atoms with E-state index in [4.69, 9.17) is 11.6 Å². The number of rotatable bonds is 8. The SMILES string of the molecule is C=CCn1c(SCC(=O)Nc2cccc([N+](=O)[O-])c2C)nnc1-c1ccc(Cl)cc1. The number of nitro groups is 1. The summed E-state index contributed by atoms with van der Waals surface area (Å²) in [4.78, 5) is 23.0. The van der Waals surface area contributed by atoms with Gasteiger partial charge in [0.15, 0.2) is 11.0 Å². The van der Waals surface area contributed by atoms with E-state index in [1.54, 1.807) is 31.2 Å². The van der Waals surface area contributed by atoms with Crippen LogP contribution in [0.5, 0.6) is 0 Å². The van der Waals surface area contributed by atoms with Gasteiger partial charge in [-0.05, 0) is 37.3 Å². The molecule has 1 aromatic heterocycles. The molecule has 0 saturated carbocycles. The van der Waals surface area contributed by atoms with Crippen molar-refractivity contribution in [2.75, 3.05) is 11.1 Å². The standard InChI is InChI=1S/C20H18ClN5O3S/c1-3-11-25-19(14-7-9-15(21)10-8-14)23-24-20(25)30-12-18(27)22-16-5-4-6-17(13(16)2)26(28)29/h3-10H,1,11-12H2,2H3,(H,22,27). The van der Waals surface area contributed by atoms with Gasteiger partial charge in [0.05, 0.1) is 21.9 Å². The molecular formula is C20H18ClN5O3S. The van der Waals surface area contributed by atoms with Gasteiger partial charge in [0, 0.05) is 23.2 Å². The molecule has 0 aliphatic carbocycles. The van der Waals surface area contributed by atoms with Crippen LogP contribution in [0.25, 0.3) is 11.4 Å². The molecule has 0 fully saturated rings. The van der Waals surface area contributed by atoms with Crippen LogP contribution in [0.4, 0.5) is 11.4 Å². The number of halogens is 1. The minimum atomic E-state index is -0.476. The number of carbonyl (C=O) groups excluding carboxylic acids is 1. The number of nitrogens with zero attached hydrogens (tertiary/aromatic N) is 4. The van der Waals surface area contributed by atoms with E-state index in [0.29, 0.717) is 33.8 Å². The average molecular weight is 444 g/mol. The smallest absolute Gasteiger partial charge is 0.274 e. The minimum absolute atomic E-state index is 0.0428. The number of allylic oxidation sites excluding steroid dienone is 1. The van der Waals surface area contributed by atoms with E-state index in [1.165, 1.54) is 23.9 Å². The lowest BCUT2D eigenvalue weighted by Gasteiger charge is -2.09. The summed E-state index contributed by atoms with van der Waals surface area (Å²) in [5.41, 5.74) is 1.61. The topological polar surface area (TPSA) is 103 Å². The molecular weight excluding hydrogens is 426 g/mol. The Bertz CT molecular complexity index is 1100. The van der Waals surface area contributed by atoms with Crippen molar-refractivity contribution >= 4 is 40.6 Å².